The Morgan fingerprint density at radius 3 is 2.42 bits per heavy atom. The van der Waals surface area contributed by atoms with E-state index in [9.17, 15) is 22.4 Å². The van der Waals surface area contributed by atoms with Gasteiger partial charge in [-0.05, 0) is 42.5 Å². The van der Waals surface area contributed by atoms with Crippen LogP contribution in [0.1, 0.15) is 10.5 Å². The summed E-state index contributed by atoms with van der Waals surface area (Å²) in [6, 6.07) is 11.8. The predicted octanol–water partition coefficient (Wildman–Crippen LogP) is 4.79. The summed E-state index contributed by atoms with van der Waals surface area (Å²) < 4.78 is 63.7. The number of nitrogens with zero attached hydrogens (tertiary/aromatic N) is 3. The van der Waals surface area contributed by atoms with E-state index in [2.05, 4.69) is 24.9 Å². The van der Waals surface area contributed by atoms with Gasteiger partial charge < -0.3 is 14.8 Å². The Bertz CT molecular complexity index is 1380. The quantitative estimate of drug-likeness (QED) is 0.447. The topological polar surface area (TPSA) is 78.3 Å². The van der Waals surface area contributed by atoms with E-state index in [1.54, 1.807) is 12.1 Å². The first-order chi connectivity index (χ1) is 15.8. The number of benzene rings is 2. The van der Waals surface area contributed by atoms with Crippen molar-refractivity contribution in [1.82, 2.24) is 14.8 Å². The highest BCUT2D eigenvalue weighted by molar-refractivity contribution is 6.03. The highest BCUT2D eigenvalue weighted by atomic mass is 19.3. The van der Waals surface area contributed by atoms with E-state index in [4.69, 9.17) is 0 Å². The number of carbonyl (C=O) groups excluding carboxylic acids is 1. The minimum absolute atomic E-state index is 0.0606. The number of alkyl halides is 2. The molecule has 1 N–H and O–H groups in total. The molecule has 11 heteroatoms. The molecule has 3 heterocycles. The maximum Gasteiger partial charge on any atom is 0.586 e. The Kier molecular flexibility index (Phi) is 4.73. The molecule has 0 radical (unpaired) electrons. The fourth-order valence-corrected chi connectivity index (χ4v) is 3.26. The Balaban J connectivity index is 1.49. The normalized spacial score (nSPS) is 13.7. The van der Waals surface area contributed by atoms with Crippen molar-refractivity contribution < 1.29 is 31.8 Å². The van der Waals surface area contributed by atoms with Crippen LogP contribution in [0.2, 0.25) is 0 Å². The maximum absolute atomic E-state index is 13.8. The standard InChI is InChI=1S/C22H12F4N4O3/c23-15-3-2-14(10-16(15)24)30-18(12-5-7-27-8-6-12)11-17(29-30)21(31)28-13-1-4-19-20(9-13)33-22(25,26)32-19/h1-11H,(H,28,31). The molecule has 0 atom stereocenters. The summed E-state index contributed by atoms with van der Waals surface area (Å²) in [5.74, 6) is -3.17. The number of hydrogen-bond donors (Lipinski definition) is 1. The van der Waals surface area contributed by atoms with Crippen molar-refractivity contribution in [1.29, 1.82) is 0 Å². The van der Waals surface area contributed by atoms with Crippen LogP contribution in [-0.2, 0) is 0 Å². The van der Waals surface area contributed by atoms with Crippen molar-refractivity contribution in [2.75, 3.05) is 5.32 Å². The summed E-state index contributed by atoms with van der Waals surface area (Å²) >= 11 is 0. The van der Waals surface area contributed by atoms with Crippen LogP contribution in [0.15, 0.2) is 67.0 Å². The number of nitrogens with one attached hydrogen (secondary N) is 1. The largest absolute Gasteiger partial charge is 0.586 e. The second kappa shape index (κ2) is 7.62. The number of anilines is 1. The van der Waals surface area contributed by atoms with Gasteiger partial charge in [-0.1, -0.05) is 0 Å². The second-order valence-electron chi connectivity index (χ2n) is 6.94. The summed E-state index contributed by atoms with van der Waals surface area (Å²) in [4.78, 5) is 16.8. The van der Waals surface area contributed by atoms with Crippen molar-refractivity contribution in [3.05, 3.63) is 84.3 Å². The SMILES string of the molecule is O=C(Nc1ccc2c(c1)OC(F)(F)O2)c1cc(-c2ccncc2)n(-c2ccc(F)c(F)c2)n1. The van der Waals surface area contributed by atoms with E-state index in [1.807, 2.05) is 0 Å². The van der Waals surface area contributed by atoms with Gasteiger partial charge >= 0.3 is 6.29 Å². The van der Waals surface area contributed by atoms with E-state index in [-0.39, 0.29) is 28.6 Å². The first-order valence-electron chi connectivity index (χ1n) is 9.46. The van der Waals surface area contributed by atoms with Gasteiger partial charge in [0.2, 0.25) is 0 Å². The third kappa shape index (κ3) is 3.95. The molecule has 4 aromatic rings. The number of pyridine rings is 1. The first-order valence-corrected chi connectivity index (χ1v) is 9.46. The summed E-state index contributed by atoms with van der Waals surface area (Å²) in [7, 11) is 0. The minimum atomic E-state index is -3.78. The molecule has 1 aliphatic heterocycles. The highest BCUT2D eigenvalue weighted by Crippen LogP contribution is 2.42. The number of carbonyl (C=O) groups is 1. The van der Waals surface area contributed by atoms with Crippen molar-refractivity contribution in [3.8, 4) is 28.4 Å². The average Bonchev–Trinajstić information content (AvgIpc) is 3.36. The van der Waals surface area contributed by atoms with E-state index in [0.29, 0.717) is 11.3 Å². The zero-order valence-electron chi connectivity index (χ0n) is 16.4. The Morgan fingerprint density at radius 1 is 0.909 bits per heavy atom. The molecular weight excluding hydrogens is 444 g/mol. The average molecular weight is 456 g/mol. The highest BCUT2D eigenvalue weighted by Gasteiger charge is 2.43. The monoisotopic (exact) mass is 456 g/mol. The Labute approximate surface area is 183 Å². The van der Waals surface area contributed by atoms with Gasteiger partial charge in [-0.2, -0.15) is 5.10 Å². The smallest absolute Gasteiger partial charge is 0.395 e. The summed E-state index contributed by atoms with van der Waals surface area (Å²) in [6.07, 6.45) is -0.728. The molecular formula is C22H12F4N4O3. The van der Waals surface area contributed by atoms with Crippen LogP contribution in [0, 0.1) is 11.6 Å². The molecule has 0 bridgehead atoms. The van der Waals surface area contributed by atoms with Crippen LogP contribution in [0.3, 0.4) is 0 Å². The van der Waals surface area contributed by atoms with Gasteiger partial charge in [0.15, 0.2) is 28.8 Å². The molecule has 33 heavy (non-hydrogen) atoms. The van der Waals surface area contributed by atoms with Crippen LogP contribution in [0.4, 0.5) is 23.2 Å². The number of halogens is 4. The molecule has 2 aromatic heterocycles. The molecule has 7 nitrogen and oxygen atoms in total. The van der Waals surface area contributed by atoms with Crippen LogP contribution >= 0.6 is 0 Å². The van der Waals surface area contributed by atoms with Crippen molar-refractivity contribution in [2.45, 2.75) is 6.29 Å². The fourth-order valence-electron chi connectivity index (χ4n) is 3.26. The molecule has 166 valence electrons. The molecule has 0 unspecified atom stereocenters. The number of ether oxygens (including phenoxy) is 2. The molecule has 1 amide bonds. The van der Waals surface area contributed by atoms with Crippen molar-refractivity contribution in [3.63, 3.8) is 0 Å². The lowest BCUT2D eigenvalue weighted by molar-refractivity contribution is -0.286. The van der Waals surface area contributed by atoms with Crippen LogP contribution < -0.4 is 14.8 Å². The van der Waals surface area contributed by atoms with Gasteiger partial charge in [0.1, 0.15) is 0 Å². The minimum Gasteiger partial charge on any atom is -0.395 e. The zero-order valence-corrected chi connectivity index (χ0v) is 16.4. The van der Waals surface area contributed by atoms with Crippen molar-refractivity contribution in [2.24, 2.45) is 0 Å². The molecule has 1 aliphatic rings. The van der Waals surface area contributed by atoms with Crippen LogP contribution in [-0.4, -0.2) is 27.0 Å². The molecule has 0 spiro atoms. The lowest BCUT2D eigenvalue weighted by Crippen LogP contribution is -2.25. The number of fused-ring (bicyclic) bond motifs is 1. The predicted molar refractivity (Wildman–Crippen MR) is 107 cm³/mol. The van der Waals surface area contributed by atoms with Crippen LogP contribution in [0.25, 0.3) is 16.9 Å². The van der Waals surface area contributed by atoms with E-state index < -0.39 is 23.8 Å². The molecule has 0 aliphatic carbocycles. The van der Waals surface area contributed by atoms with E-state index >= 15 is 0 Å². The van der Waals surface area contributed by atoms with Gasteiger partial charge in [0.05, 0.1) is 11.4 Å². The third-order valence-electron chi connectivity index (χ3n) is 4.72. The molecule has 0 saturated carbocycles. The fraction of sp³-hybridized carbons (Fsp3) is 0.0455. The van der Waals surface area contributed by atoms with Gasteiger partial charge in [0.25, 0.3) is 5.91 Å². The van der Waals surface area contributed by atoms with Crippen molar-refractivity contribution >= 4 is 11.6 Å². The summed E-state index contributed by atoms with van der Waals surface area (Å²) in [5.41, 5.74) is 1.32. The molecule has 0 fully saturated rings. The lowest BCUT2D eigenvalue weighted by Gasteiger charge is -2.08. The number of aromatic nitrogens is 3. The van der Waals surface area contributed by atoms with E-state index in [0.717, 1.165) is 12.1 Å². The maximum atomic E-state index is 13.8. The number of rotatable bonds is 4. The second-order valence-corrected chi connectivity index (χ2v) is 6.94. The summed E-state index contributed by atoms with van der Waals surface area (Å²) in [6.45, 7) is 0. The van der Waals surface area contributed by atoms with Crippen LogP contribution in [0.5, 0.6) is 11.5 Å². The number of amides is 1. The number of hydrogen-bond acceptors (Lipinski definition) is 5. The Hall–Kier alpha value is -4.41. The van der Waals surface area contributed by atoms with E-state index in [1.165, 1.54) is 47.4 Å². The zero-order chi connectivity index (χ0) is 23.2. The van der Waals surface area contributed by atoms with Gasteiger partial charge in [-0.15, -0.1) is 8.78 Å². The third-order valence-corrected chi connectivity index (χ3v) is 4.72. The lowest BCUT2D eigenvalue weighted by atomic mass is 10.1. The first kappa shape index (κ1) is 20.5. The summed E-state index contributed by atoms with van der Waals surface area (Å²) in [5, 5.41) is 6.78. The molecule has 0 saturated heterocycles. The van der Waals surface area contributed by atoms with Gasteiger partial charge in [-0.3, -0.25) is 9.78 Å². The van der Waals surface area contributed by atoms with Gasteiger partial charge in [-0.25, -0.2) is 13.5 Å². The van der Waals surface area contributed by atoms with Gasteiger partial charge in [0, 0.05) is 35.8 Å². The molecule has 5 rings (SSSR count). The Morgan fingerprint density at radius 2 is 1.67 bits per heavy atom. The molecule has 2 aromatic carbocycles.